The molecular formula is C19H33F3N3O3PS. The third-order valence-corrected chi connectivity index (χ3v) is 8.80. The summed E-state index contributed by atoms with van der Waals surface area (Å²) in [5.74, 6) is -2.92. The first-order valence-electron chi connectivity index (χ1n) is 10.8. The van der Waals surface area contributed by atoms with Crippen molar-refractivity contribution < 1.29 is 27.5 Å². The number of carbonyl (C=O) groups excluding carboxylic acids is 2. The number of ether oxygens (including phenoxy) is 1. The monoisotopic (exact) mass is 471 g/mol. The van der Waals surface area contributed by atoms with E-state index in [9.17, 15) is 22.8 Å². The summed E-state index contributed by atoms with van der Waals surface area (Å²) in [6.07, 6.45) is 1.91. The van der Waals surface area contributed by atoms with Gasteiger partial charge in [-0.05, 0) is 32.6 Å². The van der Waals surface area contributed by atoms with Crippen molar-refractivity contribution in [3.05, 3.63) is 0 Å². The van der Waals surface area contributed by atoms with E-state index in [4.69, 9.17) is 16.5 Å². The lowest BCUT2D eigenvalue weighted by atomic mass is 9.96. The molecule has 6 nitrogen and oxygen atoms in total. The zero-order valence-corrected chi connectivity index (χ0v) is 19.2. The second kappa shape index (κ2) is 11.8. The Hall–Kier alpha value is -0.700. The van der Waals surface area contributed by atoms with Gasteiger partial charge in [-0.25, -0.2) is 0 Å². The lowest BCUT2D eigenvalue weighted by molar-refractivity contribution is -0.186. The van der Waals surface area contributed by atoms with Crippen LogP contribution in [0.3, 0.4) is 0 Å². The van der Waals surface area contributed by atoms with Crippen LogP contribution in [-0.2, 0) is 26.1 Å². The molecule has 30 heavy (non-hydrogen) atoms. The van der Waals surface area contributed by atoms with Crippen LogP contribution in [0.1, 0.15) is 71.1 Å². The highest BCUT2D eigenvalue weighted by Gasteiger charge is 2.45. The molecular weight excluding hydrogens is 438 g/mol. The number of nitrogens with zero attached hydrogens (tertiary/aromatic N) is 1. The molecule has 2 rings (SSSR count). The SMILES string of the molecule is CCOC(=O)CN(CP(=S)(NC1CCCCC1)NC1CCCCC1)C(=O)C(F)(F)F. The molecule has 0 aliphatic heterocycles. The molecule has 0 atom stereocenters. The van der Waals surface area contributed by atoms with E-state index in [1.54, 1.807) is 6.92 Å². The van der Waals surface area contributed by atoms with Gasteiger partial charge in [0, 0.05) is 12.1 Å². The predicted molar refractivity (Wildman–Crippen MR) is 114 cm³/mol. The van der Waals surface area contributed by atoms with E-state index in [1.807, 2.05) is 0 Å². The summed E-state index contributed by atoms with van der Waals surface area (Å²) in [5, 5.41) is 6.85. The van der Waals surface area contributed by atoms with Crippen molar-refractivity contribution in [1.29, 1.82) is 0 Å². The Morgan fingerprint density at radius 2 is 1.47 bits per heavy atom. The number of carbonyl (C=O) groups is 2. The van der Waals surface area contributed by atoms with Gasteiger partial charge in [-0.2, -0.15) is 13.2 Å². The molecule has 2 N–H and O–H groups in total. The summed E-state index contributed by atoms with van der Waals surface area (Å²) >= 11 is 5.87. The van der Waals surface area contributed by atoms with Crippen LogP contribution in [0.4, 0.5) is 13.2 Å². The van der Waals surface area contributed by atoms with Gasteiger partial charge in [0.25, 0.3) is 0 Å². The average Bonchev–Trinajstić information content (AvgIpc) is 2.67. The molecule has 2 aliphatic carbocycles. The molecule has 2 aliphatic rings. The largest absolute Gasteiger partial charge is 0.471 e. The van der Waals surface area contributed by atoms with Crippen LogP contribution in [0.2, 0.25) is 0 Å². The molecule has 174 valence electrons. The van der Waals surface area contributed by atoms with Gasteiger partial charge in [0.2, 0.25) is 0 Å². The Balaban J connectivity index is 2.21. The molecule has 11 heteroatoms. The first-order chi connectivity index (χ1) is 14.1. The van der Waals surface area contributed by atoms with Crippen molar-refractivity contribution >= 4 is 30.0 Å². The van der Waals surface area contributed by atoms with Crippen LogP contribution in [0, 0.1) is 0 Å². The minimum atomic E-state index is -5.08. The predicted octanol–water partition coefficient (Wildman–Crippen LogP) is 4.05. The third-order valence-electron chi connectivity index (χ3n) is 5.52. The number of hydrogen-bond acceptors (Lipinski definition) is 4. The van der Waals surface area contributed by atoms with Gasteiger partial charge in [0.1, 0.15) is 6.54 Å². The zero-order valence-electron chi connectivity index (χ0n) is 17.5. The Kier molecular flexibility index (Phi) is 10.0. The Bertz CT molecular complexity index is 600. The van der Waals surface area contributed by atoms with E-state index in [-0.39, 0.29) is 25.0 Å². The molecule has 0 aromatic rings. The summed E-state index contributed by atoms with van der Waals surface area (Å²) < 4.78 is 44.5. The molecule has 0 bridgehead atoms. The first kappa shape index (κ1) is 25.6. The van der Waals surface area contributed by atoms with Gasteiger partial charge >= 0.3 is 18.1 Å². The minimum Gasteiger partial charge on any atom is -0.465 e. The van der Waals surface area contributed by atoms with Crippen molar-refractivity contribution in [2.24, 2.45) is 0 Å². The second-order valence-corrected chi connectivity index (χ2v) is 12.3. The molecule has 0 radical (unpaired) electrons. The number of hydrogen-bond donors (Lipinski definition) is 2. The third kappa shape index (κ3) is 8.44. The van der Waals surface area contributed by atoms with Crippen LogP contribution in [0.25, 0.3) is 0 Å². The molecule has 2 fully saturated rings. The summed E-state index contributed by atoms with van der Waals surface area (Å²) in [6, 6.07) is 0.234. The van der Waals surface area contributed by atoms with E-state index in [2.05, 4.69) is 10.2 Å². The van der Waals surface area contributed by atoms with Gasteiger partial charge in [-0.3, -0.25) is 19.8 Å². The van der Waals surface area contributed by atoms with Crippen LogP contribution in [0.15, 0.2) is 0 Å². The van der Waals surface area contributed by atoms with Gasteiger partial charge < -0.3 is 9.64 Å². The van der Waals surface area contributed by atoms with Gasteiger partial charge in [0.05, 0.1) is 19.2 Å². The molecule has 0 unspecified atom stereocenters. The van der Waals surface area contributed by atoms with Crippen LogP contribution in [-0.4, -0.2) is 54.5 Å². The maximum atomic E-state index is 13.2. The van der Waals surface area contributed by atoms with E-state index < -0.39 is 30.9 Å². The smallest absolute Gasteiger partial charge is 0.465 e. The zero-order chi connectivity index (χ0) is 22.2. The van der Waals surface area contributed by atoms with Crippen LogP contribution < -0.4 is 10.2 Å². The van der Waals surface area contributed by atoms with Crippen molar-refractivity contribution in [3.63, 3.8) is 0 Å². The fourth-order valence-electron chi connectivity index (χ4n) is 4.14. The van der Waals surface area contributed by atoms with E-state index in [1.165, 1.54) is 0 Å². The normalized spacial score (nSPS) is 19.5. The lowest BCUT2D eigenvalue weighted by Gasteiger charge is -2.38. The fourth-order valence-corrected chi connectivity index (χ4v) is 8.10. The molecule has 0 aromatic heterocycles. The molecule has 1 amide bonds. The highest BCUT2D eigenvalue weighted by atomic mass is 32.4. The van der Waals surface area contributed by atoms with E-state index >= 15 is 0 Å². The highest BCUT2D eigenvalue weighted by molar-refractivity contribution is 8.12. The lowest BCUT2D eigenvalue weighted by Crippen LogP contribution is -2.48. The maximum Gasteiger partial charge on any atom is 0.471 e. The average molecular weight is 472 g/mol. The summed E-state index contributed by atoms with van der Waals surface area (Å²) in [7, 11) is 0. The second-order valence-electron chi connectivity index (χ2n) is 8.12. The maximum absolute atomic E-state index is 13.2. The van der Waals surface area contributed by atoms with Crippen LogP contribution in [0.5, 0.6) is 0 Å². The summed E-state index contributed by atoms with van der Waals surface area (Å²) in [4.78, 5) is 24.5. The van der Waals surface area contributed by atoms with Gasteiger partial charge in [-0.1, -0.05) is 50.3 Å². The number of nitrogens with one attached hydrogen (secondary N) is 2. The molecule has 0 heterocycles. The first-order valence-corrected chi connectivity index (χ1v) is 13.8. The quantitative estimate of drug-likeness (QED) is 0.391. The topological polar surface area (TPSA) is 70.7 Å². The number of rotatable bonds is 9. The van der Waals surface area contributed by atoms with Crippen molar-refractivity contribution in [2.45, 2.75) is 89.4 Å². The van der Waals surface area contributed by atoms with E-state index in [0.29, 0.717) is 4.90 Å². The van der Waals surface area contributed by atoms with Crippen LogP contribution >= 0.6 is 6.34 Å². The van der Waals surface area contributed by atoms with Crippen molar-refractivity contribution in [1.82, 2.24) is 15.1 Å². The Morgan fingerprint density at radius 3 is 1.87 bits per heavy atom. The van der Waals surface area contributed by atoms with Crippen molar-refractivity contribution in [2.75, 3.05) is 19.4 Å². The Morgan fingerprint density at radius 1 is 1.00 bits per heavy atom. The van der Waals surface area contributed by atoms with Crippen molar-refractivity contribution in [3.8, 4) is 0 Å². The number of halogens is 3. The molecule has 0 aromatic carbocycles. The summed E-state index contributed by atoms with van der Waals surface area (Å²) in [5.41, 5.74) is 0. The Labute approximate surface area is 181 Å². The number of alkyl halides is 3. The molecule has 0 spiro atoms. The molecule has 2 saturated carbocycles. The standard InChI is InChI=1S/C19H33F3N3O3PS/c1-2-28-17(26)13-25(18(27)19(20,21)22)14-29(30,23-15-9-5-3-6-10-15)24-16-11-7-4-8-12-16/h15-16H,2-14H2,1H3,(H2,23,24,30). The summed E-state index contributed by atoms with van der Waals surface area (Å²) in [6.45, 7) is 0.832. The highest BCUT2D eigenvalue weighted by Crippen LogP contribution is 2.43. The van der Waals surface area contributed by atoms with Gasteiger partial charge in [0.15, 0.2) is 0 Å². The number of esters is 1. The minimum absolute atomic E-state index is 0.0295. The molecule has 0 saturated heterocycles. The number of amides is 1. The fraction of sp³-hybridized carbons (Fsp3) is 0.895. The van der Waals surface area contributed by atoms with E-state index in [0.717, 1.165) is 64.2 Å². The van der Waals surface area contributed by atoms with Gasteiger partial charge in [-0.15, -0.1) is 0 Å².